The monoisotopic (exact) mass is 347 g/mol. The number of carboxylic acid groups (broad SMARTS) is 1. The van der Waals surface area contributed by atoms with Gasteiger partial charge in [0.1, 0.15) is 12.2 Å². The number of rotatable bonds is 8. The van der Waals surface area contributed by atoms with Crippen LogP contribution in [0.3, 0.4) is 0 Å². The van der Waals surface area contributed by atoms with Gasteiger partial charge in [-0.25, -0.2) is 0 Å². The molecule has 0 bridgehead atoms. The van der Waals surface area contributed by atoms with E-state index in [9.17, 15) is 9.90 Å². The van der Waals surface area contributed by atoms with Gasteiger partial charge in [0.15, 0.2) is 0 Å². The first-order valence-electron chi connectivity index (χ1n) is 8.44. The summed E-state index contributed by atoms with van der Waals surface area (Å²) in [5.41, 5.74) is -0.947. The van der Waals surface area contributed by atoms with Gasteiger partial charge in [-0.15, -0.1) is 0 Å². The van der Waals surface area contributed by atoms with Crippen molar-refractivity contribution in [1.82, 2.24) is 5.32 Å². The second-order valence-corrected chi connectivity index (χ2v) is 7.79. The van der Waals surface area contributed by atoms with E-state index in [0.29, 0.717) is 13.0 Å². The fourth-order valence-corrected chi connectivity index (χ4v) is 2.95. The van der Waals surface area contributed by atoms with E-state index in [1.807, 2.05) is 34.6 Å². The Labute approximate surface area is 144 Å². The van der Waals surface area contributed by atoms with Crippen molar-refractivity contribution in [3.8, 4) is 0 Å². The van der Waals surface area contributed by atoms with E-state index in [-0.39, 0.29) is 36.9 Å². The van der Waals surface area contributed by atoms with Gasteiger partial charge < -0.3 is 29.7 Å². The number of aliphatic carboxylic acids is 1. The fraction of sp³-hybridized carbons (Fsp3) is 0.941. The molecule has 24 heavy (non-hydrogen) atoms. The standard InChI is InChI=1S/C17H33NO6/c1-16(2,3)24-12-9-11(18-8-7-14(20)21)15(17(4,5)22-6)23-13(12)10-19/h11-13,15,18-19H,7-10H2,1-6H3,(H,20,21). The Balaban J connectivity index is 2.91. The highest BCUT2D eigenvalue weighted by atomic mass is 16.6. The van der Waals surface area contributed by atoms with Gasteiger partial charge in [-0.3, -0.25) is 4.79 Å². The van der Waals surface area contributed by atoms with Crippen molar-refractivity contribution in [2.75, 3.05) is 20.3 Å². The molecule has 0 aromatic heterocycles. The molecule has 0 radical (unpaired) electrons. The van der Waals surface area contributed by atoms with Crippen molar-refractivity contribution in [2.45, 2.75) is 83.0 Å². The van der Waals surface area contributed by atoms with Gasteiger partial charge in [-0.2, -0.15) is 0 Å². The predicted octanol–water partition coefficient (Wildman–Crippen LogP) is 1.18. The van der Waals surface area contributed by atoms with Crippen molar-refractivity contribution in [3.63, 3.8) is 0 Å². The Morgan fingerprint density at radius 2 is 1.92 bits per heavy atom. The van der Waals surface area contributed by atoms with E-state index < -0.39 is 17.7 Å². The normalized spacial score (nSPS) is 28.8. The average molecular weight is 347 g/mol. The maximum atomic E-state index is 10.8. The predicted molar refractivity (Wildman–Crippen MR) is 90.1 cm³/mol. The second-order valence-electron chi connectivity index (χ2n) is 7.79. The fourth-order valence-electron chi connectivity index (χ4n) is 2.95. The summed E-state index contributed by atoms with van der Waals surface area (Å²) in [5, 5.41) is 21.8. The van der Waals surface area contributed by atoms with Crippen LogP contribution in [0.1, 0.15) is 47.5 Å². The number of ether oxygens (including phenoxy) is 3. The SMILES string of the molecule is COC(C)(C)C1OC(CO)C(OC(C)(C)C)CC1NCCC(=O)O. The highest BCUT2D eigenvalue weighted by Crippen LogP contribution is 2.32. The zero-order chi connectivity index (χ0) is 18.5. The molecule has 1 rings (SSSR count). The average Bonchev–Trinajstić information content (AvgIpc) is 2.45. The van der Waals surface area contributed by atoms with Crippen LogP contribution in [0.4, 0.5) is 0 Å². The summed E-state index contributed by atoms with van der Waals surface area (Å²) in [6, 6.07) is -0.130. The molecule has 142 valence electrons. The quantitative estimate of drug-likeness (QED) is 0.606. The van der Waals surface area contributed by atoms with Crippen LogP contribution in [0.15, 0.2) is 0 Å². The van der Waals surface area contributed by atoms with E-state index in [0.717, 1.165) is 0 Å². The van der Waals surface area contributed by atoms with Gasteiger partial charge in [0.2, 0.25) is 0 Å². The third-order valence-electron chi connectivity index (χ3n) is 4.23. The first-order valence-corrected chi connectivity index (χ1v) is 8.44. The molecule has 1 aliphatic heterocycles. The number of aliphatic hydroxyl groups excluding tert-OH is 1. The number of carboxylic acids is 1. The van der Waals surface area contributed by atoms with Gasteiger partial charge >= 0.3 is 5.97 Å². The van der Waals surface area contributed by atoms with E-state index in [4.69, 9.17) is 19.3 Å². The minimum atomic E-state index is -0.850. The Morgan fingerprint density at radius 1 is 1.29 bits per heavy atom. The summed E-state index contributed by atoms with van der Waals surface area (Å²) in [7, 11) is 1.61. The smallest absolute Gasteiger partial charge is 0.304 e. The molecule has 3 N–H and O–H groups in total. The molecule has 7 nitrogen and oxygen atoms in total. The number of carbonyl (C=O) groups is 1. The van der Waals surface area contributed by atoms with Crippen LogP contribution in [0, 0.1) is 0 Å². The number of methoxy groups -OCH3 is 1. The molecular weight excluding hydrogens is 314 g/mol. The molecule has 0 aromatic rings. The van der Waals surface area contributed by atoms with E-state index in [2.05, 4.69) is 5.32 Å². The van der Waals surface area contributed by atoms with E-state index in [1.165, 1.54) is 0 Å². The van der Waals surface area contributed by atoms with Crippen LogP contribution >= 0.6 is 0 Å². The third-order valence-corrected chi connectivity index (χ3v) is 4.23. The van der Waals surface area contributed by atoms with Crippen LogP contribution in [0.2, 0.25) is 0 Å². The van der Waals surface area contributed by atoms with Crippen LogP contribution < -0.4 is 5.32 Å². The summed E-state index contributed by atoms with van der Waals surface area (Å²) in [4.78, 5) is 10.8. The molecule has 0 spiro atoms. The number of hydrogen-bond acceptors (Lipinski definition) is 6. The molecule has 4 atom stereocenters. The first kappa shape index (κ1) is 21.3. The molecular formula is C17H33NO6. The second kappa shape index (κ2) is 8.58. The Hall–Kier alpha value is -0.730. The topological polar surface area (TPSA) is 97.3 Å². The summed E-state index contributed by atoms with van der Waals surface area (Å²) in [6.45, 7) is 9.91. The summed E-state index contributed by atoms with van der Waals surface area (Å²) >= 11 is 0. The Kier molecular flexibility index (Phi) is 7.62. The first-order chi connectivity index (χ1) is 11.0. The lowest BCUT2D eigenvalue weighted by molar-refractivity contribution is -0.231. The van der Waals surface area contributed by atoms with Crippen LogP contribution in [-0.2, 0) is 19.0 Å². The van der Waals surface area contributed by atoms with Gasteiger partial charge in [-0.1, -0.05) is 0 Å². The zero-order valence-corrected chi connectivity index (χ0v) is 15.7. The molecule has 1 aliphatic rings. The van der Waals surface area contributed by atoms with Crippen molar-refractivity contribution in [3.05, 3.63) is 0 Å². The van der Waals surface area contributed by atoms with Crippen LogP contribution in [0.25, 0.3) is 0 Å². The molecule has 0 amide bonds. The largest absolute Gasteiger partial charge is 0.481 e. The molecule has 7 heteroatoms. The lowest BCUT2D eigenvalue weighted by Crippen LogP contribution is -2.62. The van der Waals surface area contributed by atoms with Gasteiger partial charge in [0.05, 0.1) is 30.3 Å². The molecule has 0 saturated carbocycles. The highest BCUT2D eigenvalue weighted by Gasteiger charge is 2.46. The molecule has 1 saturated heterocycles. The summed E-state index contributed by atoms with van der Waals surface area (Å²) < 4.78 is 17.7. The lowest BCUT2D eigenvalue weighted by atomic mass is 9.86. The molecule has 1 fully saturated rings. The summed E-state index contributed by atoms with van der Waals surface area (Å²) in [5.74, 6) is -0.850. The van der Waals surface area contributed by atoms with Crippen LogP contribution in [-0.4, -0.2) is 72.0 Å². The van der Waals surface area contributed by atoms with Crippen molar-refractivity contribution >= 4 is 5.97 Å². The third kappa shape index (κ3) is 6.29. The zero-order valence-electron chi connectivity index (χ0n) is 15.7. The maximum Gasteiger partial charge on any atom is 0.304 e. The van der Waals surface area contributed by atoms with Crippen molar-refractivity contribution in [2.24, 2.45) is 0 Å². The molecule has 1 heterocycles. The molecule has 0 aromatic carbocycles. The minimum Gasteiger partial charge on any atom is -0.481 e. The van der Waals surface area contributed by atoms with E-state index >= 15 is 0 Å². The molecule has 0 aliphatic carbocycles. The number of nitrogens with one attached hydrogen (secondary N) is 1. The highest BCUT2D eigenvalue weighted by molar-refractivity contribution is 5.66. The molecule has 4 unspecified atom stereocenters. The number of aliphatic hydroxyl groups is 1. The van der Waals surface area contributed by atoms with Crippen LogP contribution in [0.5, 0.6) is 0 Å². The van der Waals surface area contributed by atoms with Gasteiger partial charge in [-0.05, 0) is 41.0 Å². The van der Waals surface area contributed by atoms with Crippen molar-refractivity contribution in [1.29, 1.82) is 0 Å². The van der Waals surface area contributed by atoms with E-state index in [1.54, 1.807) is 7.11 Å². The Bertz CT molecular complexity index is 406. The van der Waals surface area contributed by atoms with Gasteiger partial charge in [0.25, 0.3) is 0 Å². The Morgan fingerprint density at radius 3 is 2.38 bits per heavy atom. The van der Waals surface area contributed by atoms with Crippen molar-refractivity contribution < 1.29 is 29.2 Å². The lowest BCUT2D eigenvalue weighted by Gasteiger charge is -2.48. The van der Waals surface area contributed by atoms with Gasteiger partial charge in [0, 0.05) is 19.7 Å². The maximum absolute atomic E-state index is 10.8. The minimum absolute atomic E-state index is 0.0326. The number of hydrogen-bond donors (Lipinski definition) is 3. The summed E-state index contributed by atoms with van der Waals surface area (Å²) in [6.07, 6.45) is -0.402.